The average Bonchev–Trinajstić information content (AvgIpc) is 3.53. The first kappa shape index (κ1) is 23.1. The summed E-state index contributed by atoms with van der Waals surface area (Å²) in [6, 6.07) is 5.52. The summed E-state index contributed by atoms with van der Waals surface area (Å²) in [7, 11) is 0. The van der Waals surface area contributed by atoms with Gasteiger partial charge in [-0.15, -0.1) is 0 Å². The number of halogens is 3. The maximum Gasteiger partial charge on any atom is 0.433 e. The summed E-state index contributed by atoms with van der Waals surface area (Å²) >= 11 is 0. The molecule has 1 unspecified atom stereocenters. The molecule has 2 aliphatic heterocycles. The Hall–Kier alpha value is -3.70. The van der Waals surface area contributed by atoms with E-state index >= 15 is 0 Å². The Kier molecular flexibility index (Phi) is 6.03. The van der Waals surface area contributed by atoms with E-state index in [1.807, 2.05) is 11.0 Å². The number of carbonyl (C=O) groups excluding carboxylic acids is 2. The number of imidazole rings is 1. The number of rotatable bonds is 4. The van der Waals surface area contributed by atoms with E-state index in [0.717, 1.165) is 63.6 Å². The maximum atomic E-state index is 12.8. The summed E-state index contributed by atoms with van der Waals surface area (Å²) in [5, 5.41) is 2.48. The van der Waals surface area contributed by atoms with E-state index in [4.69, 9.17) is 0 Å². The first-order valence-electron chi connectivity index (χ1n) is 11.5. The number of nitrogens with zero attached hydrogens (tertiary/aromatic N) is 5. The lowest BCUT2D eigenvalue weighted by molar-refractivity contribution is -0.141. The Labute approximate surface area is 198 Å². The number of pyridine rings is 2. The van der Waals surface area contributed by atoms with Crippen molar-refractivity contribution in [2.75, 3.05) is 36.4 Å². The second-order valence-corrected chi connectivity index (χ2v) is 8.83. The number of aromatic nitrogens is 4. The third-order valence-electron chi connectivity index (χ3n) is 6.37. The van der Waals surface area contributed by atoms with Gasteiger partial charge in [0.15, 0.2) is 11.5 Å². The Balaban J connectivity index is 1.28. The highest BCUT2D eigenvalue weighted by atomic mass is 19.4. The molecule has 2 aliphatic rings. The lowest BCUT2D eigenvalue weighted by Gasteiger charge is -2.34. The predicted molar refractivity (Wildman–Crippen MR) is 122 cm³/mol. The van der Waals surface area contributed by atoms with Gasteiger partial charge in [-0.3, -0.25) is 9.59 Å². The highest BCUT2D eigenvalue weighted by Crippen LogP contribution is 2.28. The van der Waals surface area contributed by atoms with E-state index in [2.05, 4.69) is 30.2 Å². The molecule has 5 heterocycles. The van der Waals surface area contributed by atoms with Crippen molar-refractivity contribution in [1.82, 2.24) is 24.8 Å². The van der Waals surface area contributed by atoms with Gasteiger partial charge < -0.3 is 20.1 Å². The minimum absolute atomic E-state index is 0.0229. The second-order valence-electron chi connectivity index (χ2n) is 8.83. The van der Waals surface area contributed by atoms with Gasteiger partial charge in [-0.05, 0) is 49.9 Å². The largest absolute Gasteiger partial charge is 0.433 e. The van der Waals surface area contributed by atoms with Crippen LogP contribution in [0, 0.1) is 5.92 Å². The Morgan fingerprint density at radius 3 is 2.54 bits per heavy atom. The van der Waals surface area contributed by atoms with Crippen LogP contribution in [0.3, 0.4) is 0 Å². The van der Waals surface area contributed by atoms with Crippen molar-refractivity contribution in [3.05, 3.63) is 42.0 Å². The molecule has 35 heavy (non-hydrogen) atoms. The third kappa shape index (κ3) is 4.91. The monoisotopic (exact) mass is 487 g/mol. The Morgan fingerprint density at radius 2 is 1.83 bits per heavy atom. The molecule has 0 bridgehead atoms. The van der Waals surface area contributed by atoms with Gasteiger partial charge in [0.05, 0.1) is 23.3 Å². The van der Waals surface area contributed by atoms with Crippen molar-refractivity contribution >= 4 is 34.5 Å². The zero-order chi connectivity index (χ0) is 24.6. The number of amides is 2. The molecule has 184 valence electrons. The Bertz CT molecular complexity index is 1240. The normalized spacial score (nSPS) is 18.8. The van der Waals surface area contributed by atoms with Crippen molar-refractivity contribution < 1.29 is 22.8 Å². The summed E-state index contributed by atoms with van der Waals surface area (Å²) in [6.07, 6.45) is 0.255. The molecular weight excluding hydrogens is 463 g/mol. The number of alkyl halides is 3. The van der Waals surface area contributed by atoms with Crippen LogP contribution in [0.2, 0.25) is 0 Å². The summed E-state index contributed by atoms with van der Waals surface area (Å²) in [4.78, 5) is 44.5. The molecule has 0 saturated carbocycles. The number of H-pyrrole nitrogens is 1. The van der Waals surface area contributed by atoms with E-state index in [-0.39, 0.29) is 23.3 Å². The van der Waals surface area contributed by atoms with Gasteiger partial charge in [0.1, 0.15) is 11.5 Å². The van der Waals surface area contributed by atoms with Crippen LogP contribution in [0.5, 0.6) is 0 Å². The van der Waals surface area contributed by atoms with E-state index < -0.39 is 17.8 Å². The summed E-state index contributed by atoms with van der Waals surface area (Å²) < 4.78 is 38.0. The van der Waals surface area contributed by atoms with E-state index in [1.54, 1.807) is 6.07 Å². The smallest absolute Gasteiger partial charge is 0.356 e. The number of fused-ring (bicyclic) bond motifs is 1. The van der Waals surface area contributed by atoms with E-state index in [1.165, 1.54) is 0 Å². The minimum Gasteiger partial charge on any atom is -0.356 e. The van der Waals surface area contributed by atoms with Crippen molar-refractivity contribution in [1.29, 1.82) is 0 Å². The van der Waals surface area contributed by atoms with E-state index in [9.17, 15) is 22.8 Å². The number of anilines is 2. The van der Waals surface area contributed by atoms with Crippen LogP contribution in [-0.4, -0.2) is 62.8 Å². The molecule has 2 N–H and O–H groups in total. The number of likely N-dealkylation sites (tertiary alicyclic amines) is 1. The molecule has 2 fully saturated rings. The van der Waals surface area contributed by atoms with Gasteiger partial charge in [-0.25, -0.2) is 15.0 Å². The molecule has 0 aromatic carbocycles. The SMILES string of the molecule is O=C(Nc1ccc(C(F)(F)F)nc1)c1nc2nc(N3CCCC(C(=O)N4CCCC4)C3)ccc2[nH]1. The summed E-state index contributed by atoms with van der Waals surface area (Å²) in [5.74, 6) is 0.189. The zero-order valence-electron chi connectivity index (χ0n) is 18.8. The second kappa shape index (κ2) is 9.16. The fraction of sp³-hybridized carbons (Fsp3) is 0.435. The van der Waals surface area contributed by atoms with Gasteiger partial charge in [-0.1, -0.05) is 0 Å². The molecule has 3 aromatic heterocycles. The molecule has 1 atom stereocenters. The lowest BCUT2D eigenvalue weighted by Crippen LogP contribution is -2.44. The topological polar surface area (TPSA) is 107 Å². The average molecular weight is 487 g/mol. The molecule has 2 saturated heterocycles. The first-order chi connectivity index (χ1) is 16.8. The highest BCUT2D eigenvalue weighted by Gasteiger charge is 2.32. The van der Waals surface area contributed by atoms with Crippen molar-refractivity contribution in [2.45, 2.75) is 31.9 Å². The molecular formula is C23H24F3N7O2. The molecule has 0 radical (unpaired) electrons. The standard InChI is InChI=1S/C23H24F3N7O2/c24-23(25,26)17-7-5-15(12-27-17)28-21(34)20-29-16-6-8-18(30-19(16)31-20)33-11-3-4-14(13-33)22(35)32-9-1-2-10-32/h5-8,12,14H,1-4,9-11,13H2,(H,28,34)(H,29,30,31). The van der Waals surface area contributed by atoms with Crippen molar-refractivity contribution in [3.63, 3.8) is 0 Å². The molecule has 5 rings (SSSR count). The van der Waals surface area contributed by atoms with Crippen LogP contribution in [0.25, 0.3) is 11.2 Å². The lowest BCUT2D eigenvalue weighted by atomic mass is 9.96. The number of nitrogens with one attached hydrogen (secondary N) is 2. The highest BCUT2D eigenvalue weighted by molar-refractivity contribution is 6.03. The van der Waals surface area contributed by atoms with Gasteiger partial charge >= 0.3 is 6.18 Å². The minimum atomic E-state index is -4.56. The maximum absolute atomic E-state index is 12.8. The van der Waals surface area contributed by atoms with Gasteiger partial charge in [-0.2, -0.15) is 13.2 Å². The molecule has 12 heteroatoms. The van der Waals surface area contributed by atoms with Gasteiger partial charge in [0.25, 0.3) is 5.91 Å². The van der Waals surface area contributed by atoms with Crippen LogP contribution in [0.4, 0.5) is 24.7 Å². The first-order valence-corrected chi connectivity index (χ1v) is 11.5. The van der Waals surface area contributed by atoms with Gasteiger partial charge in [0.2, 0.25) is 5.91 Å². The van der Waals surface area contributed by atoms with Crippen molar-refractivity contribution in [2.24, 2.45) is 5.92 Å². The van der Waals surface area contributed by atoms with Crippen LogP contribution < -0.4 is 10.2 Å². The summed E-state index contributed by atoms with van der Waals surface area (Å²) in [6.45, 7) is 3.04. The van der Waals surface area contributed by atoms with Crippen molar-refractivity contribution in [3.8, 4) is 0 Å². The number of hydrogen-bond acceptors (Lipinski definition) is 6. The summed E-state index contributed by atoms with van der Waals surface area (Å²) in [5.41, 5.74) is -0.0467. The van der Waals surface area contributed by atoms with Gasteiger partial charge in [0, 0.05) is 26.2 Å². The molecule has 0 spiro atoms. The molecule has 9 nitrogen and oxygen atoms in total. The van der Waals surface area contributed by atoms with Crippen LogP contribution in [-0.2, 0) is 11.0 Å². The van der Waals surface area contributed by atoms with Crippen LogP contribution in [0.15, 0.2) is 30.5 Å². The number of hydrogen-bond donors (Lipinski definition) is 2. The fourth-order valence-electron chi connectivity index (χ4n) is 4.57. The molecule has 0 aliphatic carbocycles. The fourth-order valence-corrected chi connectivity index (χ4v) is 4.57. The third-order valence-corrected chi connectivity index (χ3v) is 6.37. The zero-order valence-corrected chi connectivity index (χ0v) is 18.8. The van der Waals surface area contributed by atoms with E-state index in [0.29, 0.717) is 23.5 Å². The van der Waals surface area contributed by atoms with Crippen LogP contribution in [0.1, 0.15) is 42.0 Å². The van der Waals surface area contributed by atoms with Crippen LogP contribution >= 0.6 is 0 Å². The Morgan fingerprint density at radius 1 is 1.03 bits per heavy atom. The predicted octanol–water partition coefficient (Wildman–Crippen LogP) is 3.46. The molecule has 3 aromatic rings. The number of carbonyl (C=O) groups is 2. The number of piperidine rings is 1. The number of aromatic amines is 1. The molecule has 2 amide bonds. The quantitative estimate of drug-likeness (QED) is 0.584.